The molecule has 0 bridgehead atoms. The van der Waals surface area contributed by atoms with Crippen LogP contribution in [-0.2, 0) is 13.0 Å². The third-order valence-electron chi connectivity index (χ3n) is 2.71. The Morgan fingerprint density at radius 1 is 1.06 bits per heavy atom. The molecule has 0 aliphatic carbocycles. The van der Waals surface area contributed by atoms with Crippen molar-refractivity contribution in [2.45, 2.75) is 19.9 Å². The Hall–Kier alpha value is -1.67. The van der Waals surface area contributed by atoms with Crippen LogP contribution in [-0.4, -0.2) is 11.5 Å². The summed E-state index contributed by atoms with van der Waals surface area (Å²) in [5.74, 6) is 0. The minimum atomic E-state index is 0.840. The first-order chi connectivity index (χ1) is 8.34. The molecule has 2 rings (SSSR count). The summed E-state index contributed by atoms with van der Waals surface area (Å²) in [7, 11) is 0. The van der Waals surface area contributed by atoms with Gasteiger partial charge in [-0.05, 0) is 37.1 Å². The Morgan fingerprint density at radius 3 is 2.59 bits per heavy atom. The molecule has 1 N–H and O–H groups in total. The van der Waals surface area contributed by atoms with Gasteiger partial charge in [0.1, 0.15) is 0 Å². The highest BCUT2D eigenvalue weighted by Gasteiger charge is 1.94. The van der Waals surface area contributed by atoms with Crippen molar-refractivity contribution in [1.82, 2.24) is 10.3 Å². The summed E-state index contributed by atoms with van der Waals surface area (Å²) in [5.41, 5.74) is 3.68. The summed E-state index contributed by atoms with van der Waals surface area (Å²) >= 11 is 0. The van der Waals surface area contributed by atoms with Gasteiger partial charge in [-0.25, -0.2) is 0 Å². The van der Waals surface area contributed by atoms with Crippen molar-refractivity contribution in [2.75, 3.05) is 6.54 Å². The molecular weight excluding hydrogens is 208 g/mol. The fourth-order valence-electron chi connectivity index (χ4n) is 1.70. The van der Waals surface area contributed by atoms with E-state index in [2.05, 4.69) is 53.6 Å². The maximum absolute atomic E-state index is 4.36. The highest BCUT2D eigenvalue weighted by atomic mass is 14.9. The predicted octanol–water partition coefficient (Wildman–Crippen LogP) is 2.72. The Balaban J connectivity index is 1.71. The molecule has 2 aromatic rings. The SMILES string of the molecule is Cc1ccc(CNCCc2ccccc2)nc1. The molecule has 17 heavy (non-hydrogen) atoms. The number of pyridine rings is 1. The molecule has 88 valence electrons. The van der Waals surface area contributed by atoms with Crippen molar-refractivity contribution in [3.63, 3.8) is 0 Å². The van der Waals surface area contributed by atoms with E-state index < -0.39 is 0 Å². The fraction of sp³-hybridized carbons (Fsp3) is 0.267. The van der Waals surface area contributed by atoms with E-state index in [1.165, 1.54) is 11.1 Å². The van der Waals surface area contributed by atoms with Crippen LogP contribution >= 0.6 is 0 Å². The van der Waals surface area contributed by atoms with Crippen LogP contribution in [0.3, 0.4) is 0 Å². The maximum Gasteiger partial charge on any atom is 0.0541 e. The molecule has 0 aliphatic heterocycles. The van der Waals surface area contributed by atoms with Crippen molar-refractivity contribution in [1.29, 1.82) is 0 Å². The molecule has 1 aromatic carbocycles. The van der Waals surface area contributed by atoms with Crippen LogP contribution in [0, 0.1) is 6.92 Å². The molecule has 0 unspecified atom stereocenters. The summed E-state index contributed by atoms with van der Waals surface area (Å²) in [6.45, 7) is 3.88. The van der Waals surface area contributed by atoms with Crippen molar-refractivity contribution in [2.24, 2.45) is 0 Å². The van der Waals surface area contributed by atoms with Crippen molar-refractivity contribution >= 4 is 0 Å². The molecule has 0 atom stereocenters. The zero-order valence-corrected chi connectivity index (χ0v) is 10.2. The lowest BCUT2D eigenvalue weighted by atomic mass is 10.1. The van der Waals surface area contributed by atoms with E-state index in [0.717, 1.165) is 25.2 Å². The molecule has 0 saturated carbocycles. The highest BCUT2D eigenvalue weighted by molar-refractivity contribution is 5.15. The lowest BCUT2D eigenvalue weighted by Crippen LogP contribution is -2.17. The number of nitrogens with one attached hydrogen (secondary N) is 1. The quantitative estimate of drug-likeness (QED) is 0.793. The average molecular weight is 226 g/mol. The fourth-order valence-corrected chi connectivity index (χ4v) is 1.70. The van der Waals surface area contributed by atoms with Crippen LogP contribution < -0.4 is 5.32 Å². The van der Waals surface area contributed by atoms with Crippen molar-refractivity contribution in [3.05, 3.63) is 65.5 Å². The molecule has 1 aromatic heterocycles. The Labute approximate surface area is 103 Å². The number of hydrogen-bond acceptors (Lipinski definition) is 2. The van der Waals surface area contributed by atoms with Gasteiger partial charge in [-0.15, -0.1) is 0 Å². The van der Waals surface area contributed by atoms with Crippen LogP contribution in [0.1, 0.15) is 16.8 Å². The van der Waals surface area contributed by atoms with Gasteiger partial charge in [0.05, 0.1) is 5.69 Å². The molecule has 0 fully saturated rings. The monoisotopic (exact) mass is 226 g/mol. The first-order valence-electron chi connectivity index (χ1n) is 6.01. The highest BCUT2D eigenvalue weighted by Crippen LogP contribution is 2.00. The number of aromatic nitrogens is 1. The zero-order valence-electron chi connectivity index (χ0n) is 10.2. The van der Waals surface area contributed by atoms with Gasteiger partial charge in [0.15, 0.2) is 0 Å². The third kappa shape index (κ3) is 4.00. The maximum atomic E-state index is 4.36. The summed E-state index contributed by atoms with van der Waals surface area (Å²) in [6.07, 6.45) is 2.97. The predicted molar refractivity (Wildman–Crippen MR) is 70.8 cm³/mol. The van der Waals surface area contributed by atoms with Crippen LogP contribution in [0.25, 0.3) is 0 Å². The van der Waals surface area contributed by atoms with Crippen LogP contribution in [0.4, 0.5) is 0 Å². The van der Waals surface area contributed by atoms with E-state index >= 15 is 0 Å². The largest absolute Gasteiger partial charge is 0.311 e. The molecule has 0 radical (unpaired) electrons. The minimum absolute atomic E-state index is 0.840. The van der Waals surface area contributed by atoms with Gasteiger partial charge in [0.25, 0.3) is 0 Å². The first-order valence-corrected chi connectivity index (χ1v) is 6.01. The number of benzene rings is 1. The molecule has 0 saturated heterocycles. The number of hydrogen-bond donors (Lipinski definition) is 1. The Bertz CT molecular complexity index is 434. The molecular formula is C15H18N2. The van der Waals surface area contributed by atoms with Gasteiger partial charge >= 0.3 is 0 Å². The molecule has 0 amide bonds. The first kappa shape index (κ1) is 11.8. The summed E-state index contributed by atoms with van der Waals surface area (Å²) in [4.78, 5) is 4.36. The van der Waals surface area contributed by atoms with Crippen LogP contribution in [0.15, 0.2) is 48.7 Å². The van der Waals surface area contributed by atoms with Crippen molar-refractivity contribution < 1.29 is 0 Å². The third-order valence-corrected chi connectivity index (χ3v) is 2.71. The van der Waals surface area contributed by atoms with E-state index in [1.807, 2.05) is 12.3 Å². The van der Waals surface area contributed by atoms with E-state index in [1.54, 1.807) is 0 Å². The van der Waals surface area contributed by atoms with Gasteiger partial charge in [0.2, 0.25) is 0 Å². The van der Waals surface area contributed by atoms with E-state index in [9.17, 15) is 0 Å². The van der Waals surface area contributed by atoms with E-state index in [-0.39, 0.29) is 0 Å². The number of rotatable bonds is 5. The minimum Gasteiger partial charge on any atom is -0.311 e. The topological polar surface area (TPSA) is 24.9 Å². The zero-order chi connectivity index (χ0) is 11.9. The second kappa shape index (κ2) is 6.16. The van der Waals surface area contributed by atoms with Gasteiger partial charge in [-0.3, -0.25) is 4.98 Å². The van der Waals surface area contributed by atoms with Gasteiger partial charge in [0, 0.05) is 12.7 Å². The Kier molecular flexibility index (Phi) is 4.28. The normalized spacial score (nSPS) is 10.4. The van der Waals surface area contributed by atoms with Crippen LogP contribution in [0.2, 0.25) is 0 Å². The lowest BCUT2D eigenvalue weighted by molar-refractivity contribution is 0.674. The molecule has 0 spiro atoms. The summed E-state index contributed by atoms with van der Waals surface area (Å²) < 4.78 is 0. The van der Waals surface area contributed by atoms with Gasteiger partial charge in [-0.1, -0.05) is 36.4 Å². The molecule has 0 aliphatic rings. The van der Waals surface area contributed by atoms with E-state index in [0.29, 0.717) is 0 Å². The molecule has 1 heterocycles. The van der Waals surface area contributed by atoms with Crippen molar-refractivity contribution in [3.8, 4) is 0 Å². The number of nitrogens with zero attached hydrogens (tertiary/aromatic N) is 1. The molecule has 2 nitrogen and oxygen atoms in total. The summed E-state index contributed by atoms with van der Waals surface area (Å²) in [6, 6.07) is 14.7. The lowest BCUT2D eigenvalue weighted by Gasteiger charge is -2.04. The number of aryl methyl sites for hydroxylation is 1. The standard InChI is InChI=1S/C15H18N2/c1-13-7-8-15(17-11-13)12-16-10-9-14-5-3-2-4-6-14/h2-8,11,16H,9-10,12H2,1H3. The smallest absolute Gasteiger partial charge is 0.0541 e. The molecule has 2 heteroatoms. The summed E-state index contributed by atoms with van der Waals surface area (Å²) in [5, 5.41) is 3.41. The van der Waals surface area contributed by atoms with E-state index in [4.69, 9.17) is 0 Å². The second-order valence-electron chi connectivity index (χ2n) is 4.24. The average Bonchev–Trinajstić information content (AvgIpc) is 2.38. The Morgan fingerprint density at radius 2 is 1.88 bits per heavy atom. The van der Waals surface area contributed by atoms with Crippen LogP contribution in [0.5, 0.6) is 0 Å². The second-order valence-corrected chi connectivity index (χ2v) is 4.24. The van der Waals surface area contributed by atoms with Gasteiger partial charge in [-0.2, -0.15) is 0 Å². The van der Waals surface area contributed by atoms with Gasteiger partial charge < -0.3 is 5.32 Å².